The minimum Gasteiger partial charge on any atom is -0.358 e. The molecule has 0 saturated carbocycles. The van der Waals surface area contributed by atoms with Gasteiger partial charge in [0.1, 0.15) is 0 Å². The summed E-state index contributed by atoms with van der Waals surface area (Å²) >= 11 is 0. The monoisotopic (exact) mass is 429 g/mol. The average molecular weight is 430 g/mol. The van der Waals surface area contributed by atoms with Crippen molar-refractivity contribution in [3.8, 4) is 0 Å². The largest absolute Gasteiger partial charge is 0.358 e. The third-order valence-electron chi connectivity index (χ3n) is 5.84. The summed E-state index contributed by atoms with van der Waals surface area (Å²) in [6.45, 7) is 0.983. The zero-order valence-corrected chi connectivity index (χ0v) is 18.1. The first-order valence-corrected chi connectivity index (χ1v) is 11.7. The van der Waals surface area contributed by atoms with Crippen molar-refractivity contribution in [2.45, 2.75) is 43.4 Å². The number of rotatable bonds is 6. The first-order valence-electron chi connectivity index (χ1n) is 10.3. The number of carbonyl (C=O) groups excluding carboxylic acids is 1. The van der Waals surface area contributed by atoms with Gasteiger partial charge in [-0.2, -0.15) is 8.42 Å². The number of hydrogen-bond acceptors (Lipinski definition) is 4. The molecule has 0 unspecified atom stereocenters. The lowest BCUT2D eigenvalue weighted by molar-refractivity contribution is -0.110. The topological polar surface area (TPSA) is 102 Å². The standard InChI is InChI=1S/C22H27N3O4S/c1-25(2)11-5-7-16-15-6-3-4-8-19(15)23-21(16)13-18-17-12-14(30(27,28)29)9-10-20(17)24-22(18)26/h9-10,12-13,23H,3-8,11H2,1-2H3,(H,24,26)(H,27,28,29)/b18-13-. The van der Waals surface area contributed by atoms with Crippen LogP contribution in [0.25, 0.3) is 11.6 Å². The van der Waals surface area contributed by atoms with E-state index in [0.717, 1.165) is 44.3 Å². The second-order valence-corrected chi connectivity index (χ2v) is 9.70. The summed E-state index contributed by atoms with van der Waals surface area (Å²) in [4.78, 5) is 18.1. The predicted octanol–water partition coefficient (Wildman–Crippen LogP) is 3.13. The van der Waals surface area contributed by atoms with E-state index in [1.165, 1.54) is 41.4 Å². The number of hydrogen-bond donors (Lipinski definition) is 3. The van der Waals surface area contributed by atoms with Gasteiger partial charge in [0.2, 0.25) is 0 Å². The number of aromatic amines is 1. The fourth-order valence-electron chi connectivity index (χ4n) is 4.37. The Bertz CT molecular complexity index is 1130. The van der Waals surface area contributed by atoms with Crippen molar-refractivity contribution in [1.82, 2.24) is 9.88 Å². The van der Waals surface area contributed by atoms with Crippen molar-refractivity contribution in [3.05, 3.63) is 46.3 Å². The van der Waals surface area contributed by atoms with Crippen molar-refractivity contribution in [3.63, 3.8) is 0 Å². The van der Waals surface area contributed by atoms with Gasteiger partial charge in [0.15, 0.2) is 0 Å². The summed E-state index contributed by atoms with van der Waals surface area (Å²) in [5.41, 5.74) is 6.24. The van der Waals surface area contributed by atoms with E-state index < -0.39 is 10.1 Å². The van der Waals surface area contributed by atoms with Crippen LogP contribution in [0.2, 0.25) is 0 Å². The summed E-state index contributed by atoms with van der Waals surface area (Å²) in [6.07, 6.45) is 8.14. The van der Waals surface area contributed by atoms with Crippen molar-refractivity contribution in [1.29, 1.82) is 0 Å². The number of nitrogens with zero attached hydrogens (tertiary/aromatic N) is 1. The second kappa shape index (κ2) is 8.02. The van der Waals surface area contributed by atoms with Gasteiger partial charge in [0.05, 0.1) is 10.5 Å². The number of benzene rings is 1. The number of aryl methyl sites for hydroxylation is 1. The number of H-pyrrole nitrogens is 1. The van der Waals surface area contributed by atoms with Crippen LogP contribution < -0.4 is 5.32 Å². The highest BCUT2D eigenvalue weighted by Crippen LogP contribution is 2.36. The van der Waals surface area contributed by atoms with E-state index in [0.29, 0.717) is 16.8 Å². The summed E-state index contributed by atoms with van der Waals surface area (Å²) in [7, 11) is -0.232. The van der Waals surface area contributed by atoms with Gasteiger partial charge in [-0.1, -0.05) is 0 Å². The first kappa shape index (κ1) is 20.8. The Morgan fingerprint density at radius 1 is 1.20 bits per heavy atom. The smallest absolute Gasteiger partial charge is 0.294 e. The number of anilines is 1. The highest BCUT2D eigenvalue weighted by molar-refractivity contribution is 7.85. The molecule has 4 rings (SSSR count). The molecule has 0 radical (unpaired) electrons. The van der Waals surface area contributed by atoms with Gasteiger partial charge in [-0.15, -0.1) is 0 Å². The zero-order valence-electron chi connectivity index (χ0n) is 17.3. The van der Waals surface area contributed by atoms with Gasteiger partial charge in [0, 0.05) is 22.6 Å². The van der Waals surface area contributed by atoms with E-state index in [1.54, 1.807) is 0 Å². The third kappa shape index (κ3) is 4.08. The molecule has 30 heavy (non-hydrogen) atoms. The molecule has 0 spiro atoms. The van der Waals surface area contributed by atoms with E-state index in [4.69, 9.17) is 0 Å². The molecular weight excluding hydrogens is 402 g/mol. The number of carbonyl (C=O) groups is 1. The fourth-order valence-corrected chi connectivity index (χ4v) is 4.88. The van der Waals surface area contributed by atoms with Crippen LogP contribution in [0, 0.1) is 0 Å². The first-order chi connectivity index (χ1) is 14.2. The Morgan fingerprint density at radius 3 is 2.70 bits per heavy atom. The maximum absolute atomic E-state index is 12.6. The SMILES string of the molecule is CN(C)CCCc1c(/C=C2\C(=O)Nc3ccc(S(=O)(=O)O)cc32)[nH]c2c1CCCC2. The Labute approximate surface area is 176 Å². The molecule has 0 fully saturated rings. The van der Waals surface area contributed by atoms with Gasteiger partial charge in [-0.05, 0) is 94.6 Å². The Kier molecular flexibility index (Phi) is 5.57. The fraction of sp³-hybridized carbons (Fsp3) is 0.409. The summed E-state index contributed by atoms with van der Waals surface area (Å²) in [6, 6.07) is 4.15. The molecule has 0 atom stereocenters. The van der Waals surface area contributed by atoms with Gasteiger partial charge in [0.25, 0.3) is 16.0 Å². The normalized spacial score (nSPS) is 17.3. The molecule has 160 valence electrons. The van der Waals surface area contributed by atoms with Gasteiger partial charge in [-0.3, -0.25) is 9.35 Å². The molecule has 3 N–H and O–H groups in total. The molecule has 2 heterocycles. The van der Waals surface area contributed by atoms with Crippen molar-refractivity contribution in [2.24, 2.45) is 0 Å². The number of fused-ring (bicyclic) bond motifs is 2. The van der Waals surface area contributed by atoms with E-state index in [9.17, 15) is 17.8 Å². The van der Waals surface area contributed by atoms with Gasteiger partial charge >= 0.3 is 0 Å². The van der Waals surface area contributed by atoms with Crippen LogP contribution in [0.5, 0.6) is 0 Å². The maximum atomic E-state index is 12.6. The molecule has 1 aromatic carbocycles. The lowest BCUT2D eigenvalue weighted by Gasteiger charge is -2.14. The van der Waals surface area contributed by atoms with Crippen LogP contribution in [0.4, 0.5) is 5.69 Å². The molecule has 0 bridgehead atoms. The molecule has 0 saturated heterocycles. The van der Waals surface area contributed by atoms with Crippen LogP contribution >= 0.6 is 0 Å². The summed E-state index contributed by atoms with van der Waals surface area (Å²) < 4.78 is 32.5. The minimum atomic E-state index is -4.35. The molecule has 8 heteroatoms. The summed E-state index contributed by atoms with van der Waals surface area (Å²) in [5.74, 6) is -0.274. The average Bonchev–Trinajstić information content (AvgIpc) is 3.18. The van der Waals surface area contributed by atoms with Crippen LogP contribution in [0.1, 0.15) is 47.3 Å². The van der Waals surface area contributed by atoms with Crippen LogP contribution in [-0.4, -0.2) is 49.4 Å². The van der Waals surface area contributed by atoms with Crippen molar-refractivity contribution < 1.29 is 17.8 Å². The minimum absolute atomic E-state index is 0.222. The molecule has 1 amide bonds. The number of amides is 1. The van der Waals surface area contributed by atoms with Crippen LogP contribution in [0.3, 0.4) is 0 Å². The number of aromatic nitrogens is 1. The third-order valence-corrected chi connectivity index (χ3v) is 6.69. The summed E-state index contributed by atoms with van der Waals surface area (Å²) in [5, 5.41) is 2.78. The molecule has 1 aromatic heterocycles. The zero-order chi connectivity index (χ0) is 21.5. The van der Waals surface area contributed by atoms with E-state index >= 15 is 0 Å². The van der Waals surface area contributed by atoms with Gasteiger partial charge < -0.3 is 15.2 Å². The Hall–Kier alpha value is -2.42. The molecule has 1 aliphatic carbocycles. The van der Waals surface area contributed by atoms with Crippen molar-refractivity contribution >= 4 is 33.4 Å². The predicted molar refractivity (Wildman–Crippen MR) is 117 cm³/mol. The van der Waals surface area contributed by atoms with E-state index in [-0.39, 0.29) is 10.8 Å². The molecule has 1 aliphatic heterocycles. The van der Waals surface area contributed by atoms with Crippen LogP contribution in [-0.2, 0) is 34.2 Å². The van der Waals surface area contributed by atoms with Crippen molar-refractivity contribution in [2.75, 3.05) is 26.0 Å². The molecule has 7 nitrogen and oxygen atoms in total. The molecule has 2 aliphatic rings. The maximum Gasteiger partial charge on any atom is 0.294 e. The van der Waals surface area contributed by atoms with E-state index in [2.05, 4.69) is 29.3 Å². The lowest BCUT2D eigenvalue weighted by Crippen LogP contribution is -2.14. The molecule has 2 aromatic rings. The lowest BCUT2D eigenvalue weighted by atomic mass is 9.92. The van der Waals surface area contributed by atoms with E-state index in [1.807, 2.05) is 6.08 Å². The second-order valence-electron chi connectivity index (χ2n) is 8.28. The number of nitrogens with one attached hydrogen (secondary N) is 2. The van der Waals surface area contributed by atoms with Crippen LogP contribution in [0.15, 0.2) is 23.1 Å². The quantitative estimate of drug-likeness (QED) is 0.484. The molecular formula is C22H27N3O4S. The Morgan fingerprint density at radius 2 is 1.97 bits per heavy atom. The highest BCUT2D eigenvalue weighted by atomic mass is 32.2. The Balaban J connectivity index is 1.77. The van der Waals surface area contributed by atoms with Gasteiger partial charge in [-0.25, -0.2) is 0 Å². The highest BCUT2D eigenvalue weighted by Gasteiger charge is 2.27.